The minimum Gasteiger partial charge on any atom is -0.353 e. The molecule has 1 saturated heterocycles. The van der Waals surface area contributed by atoms with Crippen molar-refractivity contribution >= 4 is 16.9 Å². The van der Waals surface area contributed by atoms with Gasteiger partial charge in [0.2, 0.25) is 5.91 Å². The molecule has 0 radical (unpaired) electrons. The number of carbonyl (C=O) groups is 1. The fourth-order valence-electron chi connectivity index (χ4n) is 3.82. The molecule has 1 amide bonds. The van der Waals surface area contributed by atoms with Crippen molar-refractivity contribution in [1.29, 1.82) is 0 Å². The van der Waals surface area contributed by atoms with Gasteiger partial charge in [0.15, 0.2) is 0 Å². The van der Waals surface area contributed by atoms with E-state index in [2.05, 4.69) is 17.1 Å². The molecule has 0 bridgehead atoms. The van der Waals surface area contributed by atoms with Crippen LogP contribution in [0.25, 0.3) is 11.0 Å². The topological polar surface area (TPSA) is 76.3 Å². The number of carbonyl (C=O) groups excluding carboxylic acids is 1. The standard InChI is InChI=1S/C19H26N4O3/c1-3-21-11-7-8-14(21)12-20-17(24)13-23-16-10-6-5-9-15(16)22(4-2)18(25)19(23)26/h5-6,9-10,14H,3-4,7-8,11-13H2,1-2H3,(H,20,24)/t14-/m0/s1. The molecule has 0 spiro atoms. The van der Waals surface area contributed by atoms with E-state index >= 15 is 0 Å². The van der Waals surface area contributed by atoms with Gasteiger partial charge in [0.05, 0.1) is 11.0 Å². The molecule has 1 aliphatic heterocycles. The number of fused-ring (bicyclic) bond motifs is 1. The molecule has 7 nitrogen and oxygen atoms in total. The van der Waals surface area contributed by atoms with Gasteiger partial charge in [0, 0.05) is 19.1 Å². The highest BCUT2D eigenvalue weighted by Gasteiger charge is 2.23. The second-order valence-electron chi connectivity index (χ2n) is 6.66. The number of likely N-dealkylation sites (tertiary alicyclic amines) is 1. The number of nitrogens with one attached hydrogen (secondary N) is 1. The summed E-state index contributed by atoms with van der Waals surface area (Å²) in [6, 6.07) is 7.54. The van der Waals surface area contributed by atoms with Crippen LogP contribution in [0, 0.1) is 0 Å². The third-order valence-corrected chi connectivity index (χ3v) is 5.19. The van der Waals surface area contributed by atoms with E-state index in [0.717, 1.165) is 25.9 Å². The molecule has 26 heavy (non-hydrogen) atoms. The molecule has 0 saturated carbocycles. The maximum absolute atomic E-state index is 12.5. The molecule has 7 heteroatoms. The van der Waals surface area contributed by atoms with Gasteiger partial charge in [0.25, 0.3) is 0 Å². The Labute approximate surface area is 152 Å². The predicted molar refractivity (Wildman–Crippen MR) is 101 cm³/mol. The van der Waals surface area contributed by atoms with E-state index in [0.29, 0.717) is 30.2 Å². The molecule has 140 valence electrons. The van der Waals surface area contributed by atoms with Crippen molar-refractivity contribution in [1.82, 2.24) is 19.4 Å². The monoisotopic (exact) mass is 358 g/mol. The maximum Gasteiger partial charge on any atom is 0.317 e. The van der Waals surface area contributed by atoms with Gasteiger partial charge in [-0.1, -0.05) is 19.1 Å². The van der Waals surface area contributed by atoms with Crippen LogP contribution in [0.2, 0.25) is 0 Å². The fourth-order valence-corrected chi connectivity index (χ4v) is 3.82. The molecule has 1 aromatic carbocycles. The number of amides is 1. The highest BCUT2D eigenvalue weighted by Crippen LogP contribution is 2.15. The van der Waals surface area contributed by atoms with Crippen molar-refractivity contribution in [2.75, 3.05) is 19.6 Å². The lowest BCUT2D eigenvalue weighted by molar-refractivity contribution is -0.121. The lowest BCUT2D eigenvalue weighted by Gasteiger charge is -2.23. The number of aromatic nitrogens is 2. The lowest BCUT2D eigenvalue weighted by atomic mass is 10.2. The van der Waals surface area contributed by atoms with Crippen molar-refractivity contribution in [2.45, 2.75) is 45.8 Å². The average molecular weight is 358 g/mol. The van der Waals surface area contributed by atoms with E-state index in [9.17, 15) is 14.4 Å². The van der Waals surface area contributed by atoms with E-state index in [-0.39, 0.29) is 12.5 Å². The van der Waals surface area contributed by atoms with Gasteiger partial charge >= 0.3 is 11.1 Å². The molecular formula is C19H26N4O3. The summed E-state index contributed by atoms with van der Waals surface area (Å²) in [7, 11) is 0. The SMILES string of the molecule is CCN1CCC[C@H]1CNC(=O)Cn1c(=O)c(=O)n(CC)c2ccccc21. The molecule has 1 aromatic heterocycles. The van der Waals surface area contributed by atoms with Crippen LogP contribution in [0.5, 0.6) is 0 Å². The normalized spacial score (nSPS) is 17.7. The minimum atomic E-state index is -0.656. The third-order valence-electron chi connectivity index (χ3n) is 5.19. The summed E-state index contributed by atoms with van der Waals surface area (Å²) in [5.74, 6) is -0.242. The van der Waals surface area contributed by atoms with E-state index in [1.54, 1.807) is 18.2 Å². The second kappa shape index (κ2) is 7.86. The first kappa shape index (κ1) is 18.4. The Morgan fingerprint density at radius 2 is 1.73 bits per heavy atom. The first-order valence-corrected chi connectivity index (χ1v) is 9.30. The summed E-state index contributed by atoms with van der Waals surface area (Å²) in [5.41, 5.74) is 0.0224. The molecule has 0 aliphatic carbocycles. The van der Waals surface area contributed by atoms with Crippen LogP contribution in [0.1, 0.15) is 26.7 Å². The predicted octanol–water partition coefficient (Wildman–Crippen LogP) is 0.784. The van der Waals surface area contributed by atoms with Crippen LogP contribution < -0.4 is 16.4 Å². The summed E-state index contributed by atoms with van der Waals surface area (Å²) >= 11 is 0. The van der Waals surface area contributed by atoms with Gasteiger partial charge in [-0.15, -0.1) is 0 Å². The molecule has 3 rings (SSSR count). The molecular weight excluding hydrogens is 332 g/mol. The number of benzene rings is 1. The van der Waals surface area contributed by atoms with Gasteiger partial charge in [-0.3, -0.25) is 23.9 Å². The molecule has 2 heterocycles. The molecule has 1 aliphatic rings. The van der Waals surface area contributed by atoms with Crippen LogP contribution in [-0.2, 0) is 17.9 Å². The van der Waals surface area contributed by atoms with Crippen LogP contribution in [0.15, 0.2) is 33.9 Å². The van der Waals surface area contributed by atoms with E-state index in [1.165, 1.54) is 9.13 Å². The zero-order valence-corrected chi connectivity index (χ0v) is 15.4. The quantitative estimate of drug-likeness (QED) is 0.775. The largest absolute Gasteiger partial charge is 0.353 e. The Bertz CT molecular complexity index is 915. The van der Waals surface area contributed by atoms with Crippen molar-refractivity contribution in [2.24, 2.45) is 0 Å². The van der Waals surface area contributed by atoms with E-state index in [1.807, 2.05) is 13.0 Å². The second-order valence-corrected chi connectivity index (χ2v) is 6.66. The molecule has 1 fully saturated rings. The summed E-state index contributed by atoms with van der Waals surface area (Å²) in [5, 5.41) is 2.93. The Balaban J connectivity index is 1.82. The van der Waals surface area contributed by atoms with Crippen molar-refractivity contribution in [3.05, 3.63) is 45.0 Å². The van der Waals surface area contributed by atoms with Crippen molar-refractivity contribution in [3.63, 3.8) is 0 Å². The maximum atomic E-state index is 12.5. The molecule has 1 atom stereocenters. The van der Waals surface area contributed by atoms with Gasteiger partial charge in [-0.2, -0.15) is 0 Å². The third kappa shape index (κ3) is 3.44. The number of rotatable bonds is 6. The molecule has 0 unspecified atom stereocenters. The summed E-state index contributed by atoms with van der Waals surface area (Å²) < 4.78 is 2.73. The molecule has 1 N–H and O–H groups in total. The van der Waals surface area contributed by atoms with Crippen molar-refractivity contribution in [3.8, 4) is 0 Å². The Morgan fingerprint density at radius 1 is 1.08 bits per heavy atom. The fraction of sp³-hybridized carbons (Fsp3) is 0.526. The lowest BCUT2D eigenvalue weighted by Crippen LogP contribution is -2.45. The summed E-state index contributed by atoms with van der Waals surface area (Å²) in [4.78, 5) is 39.6. The van der Waals surface area contributed by atoms with Crippen LogP contribution in [-0.4, -0.2) is 45.6 Å². The Kier molecular flexibility index (Phi) is 5.56. The molecule has 2 aromatic rings. The highest BCUT2D eigenvalue weighted by atomic mass is 16.2. The first-order chi connectivity index (χ1) is 12.6. The first-order valence-electron chi connectivity index (χ1n) is 9.30. The van der Waals surface area contributed by atoms with Gasteiger partial charge < -0.3 is 9.88 Å². The number of hydrogen-bond donors (Lipinski definition) is 1. The van der Waals surface area contributed by atoms with Gasteiger partial charge in [0.1, 0.15) is 6.54 Å². The zero-order chi connectivity index (χ0) is 18.7. The zero-order valence-electron chi connectivity index (χ0n) is 15.4. The van der Waals surface area contributed by atoms with Crippen LogP contribution in [0.3, 0.4) is 0 Å². The Morgan fingerprint density at radius 3 is 2.38 bits per heavy atom. The minimum absolute atomic E-state index is 0.141. The smallest absolute Gasteiger partial charge is 0.317 e. The van der Waals surface area contributed by atoms with Gasteiger partial charge in [-0.25, -0.2) is 0 Å². The van der Waals surface area contributed by atoms with Gasteiger partial charge in [-0.05, 0) is 45.0 Å². The number of para-hydroxylation sites is 2. The van der Waals surface area contributed by atoms with E-state index in [4.69, 9.17) is 0 Å². The number of likely N-dealkylation sites (N-methyl/N-ethyl adjacent to an activating group) is 1. The van der Waals surface area contributed by atoms with Crippen LogP contribution in [0.4, 0.5) is 0 Å². The number of hydrogen-bond acceptors (Lipinski definition) is 4. The number of aryl methyl sites for hydroxylation is 1. The van der Waals surface area contributed by atoms with Crippen molar-refractivity contribution < 1.29 is 4.79 Å². The summed E-state index contributed by atoms with van der Waals surface area (Å²) in [6.07, 6.45) is 2.22. The average Bonchev–Trinajstić information content (AvgIpc) is 3.12. The Hall–Kier alpha value is -2.41. The highest BCUT2D eigenvalue weighted by molar-refractivity contribution is 5.80. The van der Waals surface area contributed by atoms with E-state index < -0.39 is 11.1 Å². The van der Waals surface area contributed by atoms with Crippen LogP contribution >= 0.6 is 0 Å². The summed E-state index contributed by atoms with van der Waals surface area (Å²) in [6.45, 7) is 6.83. The number of nitrogens with zero attached hydrogens (tertiary/aromatic N) is 3.